The highest BCUT2D eigenvalue weighted by molar-refractivity contribution is 5.85. The van der Waals surface area contributed by atoms with Gasteiger partial charge in [0.1, 0.15) is 6.10 Å². The van der Waals surface area contributed by atoms with Gasteiger partial charge in [0, 0.05) is 6.54 Å². The quantitative estimate of drug-likeness (QED) is 0.851. The lowest BCUT2D eigenvalue weighted by atomic mass is 9.86. The number of benzene rings is 2. The zero-order chi connectivity index (χ0) is 17.7. The predicted octanol–water partition coefficient (Wildman–Crippen LogP) is 2.95. The second-order valence-electron chi connectivity index (χ2n) is 6.51. The number of likely N-dealkylation sites (N-methyl/N-ethyl adjacent to an activating group) is 1. The molecular formula is C21H25NO3. The molecule has 1 fully saturated rings. The van der Waals surface area contributed by atoms with Crippen molar-refractivity contribution in [3.05, 3.63) is 71.8 Å². The molecule has 25 heavy (non-hydrogen) atoms. The summed E-state index contributed by atoms with van der Waals surface area (Å²) in [7, 11) is 0. The van der Waals surface area contributed by atoms with E-state index in [2.05, 4.69) is 11.8 Å². The first-order valence-corrected chi connectivity index (χ1v) is 8.91. The third kappa shape index (κ3) is 3.75. The number of nitrogens with zero attached hydrogens (tertiary/aromatic N) is 1. The van der Waals surface area contributed by atoms with Crippen LogP contribution in [0.25, 0.3) is 0 Å². The first-order valence-electron chi connectivity index (χ1n) is 8.91. The number of hydrogen-bond donors (Lipinski definition) is 1. The third-order valence-electron chi connectivity index (χ3n) is 4.86. The maximum absolute atomic E-state index is 13.0. The SMILES string of the molecule is CCN1CCC[C@@H](OC(=O)C(O)(c2ccccc2)c2ccccc2)C1. The van der Waals surface area contributed by atoms with E-state index >= 15 is 0 Å². The standard InChI is InChI=1S/C21H25NO3/c1-2-22-15-9-14-19(16-22)25-20(23)21(24,17-10-5-3-6-11-17)18-12-7-4-8-13-18/h3-8,10-13,19,24H,2,9,14-16H2,1H3/t19-/m1/s1. The fourth-order valence-electron chi connectivity index (χ4n) is 3.39. The van der Waals surface area contributed by atoms with Crippen LogP contribution < -0.4 is 0 Å². The number of aliphatic hydroxyl groups is 1. The predicted molar refractivity (Wildman–Crippen MR) is 97.1 cm³/mol. The van der Waals surface area contributed by atoms with Gasteiger partial charge in [0.2, 0.25) is 5.60 Å². The third-order valence-corrected chi connectivity index (χ3v) is 4.86. The molecule has 0 unspecified atom stereocenters. The molecule has 0 spiro atoms. The molecule has 3 rings (SSSR count). The molecular weight excluding hydrogens is 314 g/mol. The number of rotatable bonds is 5. The van der Waals surface area contributed by atoms with Crippen molar-refractivity contribution in [2.24, 2.45) is 0 Å². The van der Waals surface area contributed by atoms with Gasteiger partial charge in [0.05, 0.1) is 0 Å². The number of likely N-dealkylation sites (tertiary alicyclic amines) is 1. The van der Waals surface area contributed by atoms with Gasteiger partial charge >= 0.3 is 5.97 Å². The monoisotopic (exact) mass is 339 g/mol. The molecule has 132 valence electrons. The molecule has 0 aromatic heterocycles. The number of carbonyl (C=O) groups excluding carboxylic acids is 1. The molecule has 2 aromatic carbocycles. The summed E-state index contributed by atoms with van der Waals surface area (Å²) in [6.45, 7) is 4.80. The van der Waals surface area contributed by atoms with Crippen LogP contribution >= 0.6 is 0 Å². The Kier molecular flexibility index (Phi) is 5.51. The summed E-state index contributed by atoms with van der Waals surface area (Å²) in [5.41, 5.74) is -0.750. The second-order valence-corrected chi connectivity index (χ2v) is 6.51. The van der Waals surface area contributed by atoms with E-state index in [-0.39, 0.29) is 6.10 Å². The van der Waals surface area contributed by atoms with Crippen molar-refractivity contribution >= 4 is 5.97 Å². The molecule has 4 heteroatoms. The number of carbonyl (C=O) groups is 1. The second kappa shape index (κ2) is 7.81. The minimum absolute atomic E-state index is 0.180. The highest BCUT2D eigenvalue weighted by Crippen LogP contribution is 2.32. The van der Waals surface area contributed by atoms with E-state index < -0.39 is 11.6 Å². The number of esters is 1. The summed E-state index contributed by atoms with van der Waals surface area (Å²) in [5.74, 6) is -0.604. The van der Waals surface area contributed by atoms with Gasteiger partial charge in [-0.15, -0.1) is 0 Å². The van der Waals surface area contributed by atoms with Gasteiger partial charge < -0.3 is 9.84 Å². The van der Waals surface area contributed by atoms with E-state index in [1.54, 1.807) is 24.3 Å². The lowest BCUT2D eigenvalue weighted by molar-refractivity contribution is -0.170. The van der Waals surface area contributed by atoms with Crippen LogP contribution in [0.1, 0.15) is 30.9 Å². The highest BCUT2D eigenvalue weighted by Gasteiger charge is 2.43. The van der Waals surface area contributed by atoms with E-state index in [1.165, 1.54) is 0 Å². The Morgan fingerprint density at radius 2 is 1.68 bits per heavy atom. The maximum Gasteiger partial charge on any atom is 0.348 e. The molecule has 1 aliphatic heterocycles. The van der Waals surface area contributed by atoms with Crippen molar-refractivity contribution in [1.82, 2.24) is 4.90 Å². The number of ether oxygens (including phenoxy) is 1. The average molecular weight is 339 g/mol. The molecule has 0 amide bonds. The van der Waals surface area contributed by atoms with Crippen molar-refractivity contribution in [1.29, 1.82) is 0 Å². The smallest absolute Gasteiger partial charge is 0.348 e. The first kappa shape index (κ1) is 17.6. The zero-order valence-corrected chi connectivity index (χ0v) is 14.6. The van der Waals surface area contributed by atoms with Gasteiger partial charge in [-0.2, -0.15) is 0 Å². The van der Waals surface area contributed by atoms with Crippen LogP contribution in [0.5, 0.6) is 0 Å². The van der Waals surface area contributed by atoms with Crippen LogP contribution in [0.3, 0.4) is 0 Å². The fourth-order valence-corrected chi connectivity index (χ4v) is 3.39. The van der Waals surface area contributed by atoms with Crippen molar-refractivity contribution in [3.63, 3.8) is 0 Å². The van der Waals surface area contributed by atoms with Gasteiger partial charge in [0.15, 0.2) is 0 Å². The Morgan fingerprint density at radius 3 is 2.20 bits per heavy atom. The van der Waals surface area contributed by atoms with Crippen molar-refractivity contribution in [2.45, 2.75) is 31.5 Å². The van der Waals surface area contributed by atoms with E-state index in [1.807, 2.05) is 36.4 Å². The summed E-state index contributed by atoms with van der Waals surface area (Å²) in [5, 5.41) is 11.4. The van der Waals surface area contributed by atoms with Crippen LogP contribution in [0, 0.1) is 0 Å². The lowest BCUT2D eigenvalue weighted by Crippen LogP contribution is -2.45. The summed E-state index contributed by atoms with van der Waals surface area (Å²) >= 11 is 0. The van der Waals surface area contributed by atoms with Crippen LogP contribution in [0.4, 0.5) is 0 Å². The largest absolute Gasteiger partial charge is 0.458 e. The molecule has 1 heterocycles. The van der Waals surface area contributed by atoms with Gasteiger partial charge in [-0.1, -0.05) is 67.6 Å². The molecule has 1 atom stereocenters. The summed E-state index contributed by atoms with van der Waals surface area (Å²) in [6, 6.07) is 18.0. The molecule has 0 aliphatic carbocycles. The zero-order valence-electron chi connectivity index (χ0n) is 14.6. The molecule has 0 bridgehead atoms. The van der Waals surface area contributed by atoms with E-state index in [4.69, 9.17) is 4.74 Å². The Balaban J connectivity index is 1.88. The Hall–Kier alpha value is -2.17. The molecule has 1 saturated heterocycles. The van der Waals surface area contributed by atoms with Crippen molar-refractivity contribution in [3.8, 4) is 0 Å². The van der Waals surface area contributed by atoms with Gasteiger partial charge in [-0.25, -0.2) is 4.79 Å². The van der Waals surface area contributed by atoms with Gasteiger partial charge in [-0.05, 0) is 37.1 Å². The van der Waals surface area contributed by atoms with Crippen molar-refractivity contribution < 1.29 is 14.6 Å². The molecule has 1 aliphatic rings. The summed E-state index contributed by atoms with van der Waals surface area (Å²) in [4.78, 5) is 15.3. The highest BCUT2D eigenvalue weighted by atomic mass is 16.6. The van der Waals surface area contributed by atoms with E-state index in [9.17, 15) is 9.90 Å². The molecule has 4 nitrogen and oxygen atoms in total. The maximum atomic E-state index is 13.0. The molecule has 1 N–H and O–H groups in total. The van der Waals surface area contributed by atoms with Crippen LogP contribution in [0.2, 0.25) is 0 Å². The van der Waals surface area contributed by atoms with Crippen LogP contribution in [-0.4, -0.2) is 41.7 Å². The number of piperidine rings is 1. The van der Waals surface area contributed by atoms with Gasteiger partial charge in [0.25, 0.3) is 0 Å². The van der Waals surface area contributed by atoms with E-state index in [0.29, 0.717) is 11.1 Å². The van der Waals surface area contributed by atoms with Crippen LogP contribution in [-0.2, 0) is 15.1 Å². The lowest BCUT2D eigenvalue weighted by Gasteiger charge is -2.34. The molecule has 0 radical (unpaired) electrons. The molecule has 0 saturated carbocycles. The summed E-state index contributed by atoms with van der Waals surface area (Å²) < 4.78 is 5.77. The minimum atomic E-state index is -1.79. The topological polar surface area (TPSA) is 49.8 Å². The Bertz CT molecular complexity index is 647. The number of hydrogen-bond acceptors (Lipinski definition) is 4. The Morgan fingerprint density at radius 1 is 1.12 bits per heavy atom. The normalized spacial score (nSPS) is 18.7. The average Bonchev–Trinajstić information content (AvgIpc) is 2.68. The Labute approximate surface area is 149 Å². The van der Waals surface area contributed by atoms with Crippen molar-refractivity contribution in [2.75, 3.05) is 19.6 Å². The minimum Gasteiger partial charge on any atom is -0.458 e. The van der Waals surface area contributed by atoms with Gasteiger partial charge in [-0.3, -0.25) is 4.90 Å². The van der Waals surface area contributed by atoms with E-state index in [0.717, 1.165) is 32.5 Å². The van der Waals surface area contributed by atoms with Crippen LogP contribution in [0.15, 0.2) is 60.7 Å². The first-order chi connectivity index (χ1) is 12.1. The summed E-state index contributed by atoms with van der Waals surface area (Å²) in [6.07, 6.45) is 1.66. The fraction of sp³-hybridized carbons (Fsp3) is 0.381. The molecule has 2 aromatic rings.